The Bertz CT molecular complexity index is 698. The molecule has 2 aromatic rings. The SMILES string of the molecule is C=Cc1ccccc1S(=O)(=O)O.c1cc2c(s1)OCCO2. The first-order valence-corrected chi connectivity index (χ1v) is 8.36. The van der Waals surface area contributed by atoms with Crippen molar-refractivity contribution in [2.75, 3.05) is 13.2 Å². The topological polar surface area (TPSA) is 72.8 Å². The Hall–Kier alpha value is -1.83. The summed E-state index contributed by atoms with van der Waals surface area (Å²) in [5, 5.41) is 2.89. The van der Waals surface area contributed by atoms with Gasteiger partial charge in [-0.05, 0) is 23.1 Å². The molecule has 0 atom stereocenters. The average molecular weight is 326 g/mol. The van der Waals surface area contributed by atoms with E-state index >= 15 is 0 Å². The van der Waals surface area contributed by atoms with Crippen molar-refractivity contribution in [1.82, 2.24) is 0 Å². The lowest BCUT2D eigenvalue weighted by molar-refractivity contribution is 0.178. The van der Waals surface area contributed by atoms with Crippen molar-refractivity contribution in [3.05, 3.63) is 47.9 Å². The Morgan fingerprint density at radius 3 is 2.52 bits per heavy atom. The zero-order chi connectivity index (χ0) is 15.3. The van der Waals surface area contributed by atoms with Gasteiger partial charge in [-0.15, -0.1) is 11.3 Å². The van der Waals surface area contributed by atoms with Crippen LogP contribution in [0, 0.1) is 0 Å². The van der Waals surface area contributed by atoms with Crippen LogP contribution in [-0.4, -0.2) is 26.2 Å². The summed E-state index contributed by atoms with van der Waals surface area (Å²) in [5.41, 5.74) is 0.403. The van der Waals surface area contributed by atoms with Gasteiger partial charge in [0.15, 0.2) is 5.75 Å². The van der Waals surface area contributed by atoms with E-state index in [9.17, 15) is 8.42 Å². The largest absolute Gasteiger partial charge is 0.485 e. The summed E-state index contributed by atoms with van der Waals surface area (Å²) in [4.78, 5) is -0.111. The highest BCUT2D eigenvalue weighted by molar-refractivity contribution is 7.85. The van der Waals surface area contributed by atoms with Crippen molar-refractivity contribution in [3.63, 3.8) is 0 Å². The number of hydrogen-bond acceptors (Lipinski definition) is 5. The molecule has 0 fully saturated rings. The van der Waals surface area contributed by atoms with Gasteiger partial charge in [-0.25, -0.2) is 0 Å². The van der Waals surface area contributed by atoms with E-state index in [4.69, 9.17) is 14.0 Å². The van der Waals surface area contributed by atoms with Crippen LogP contribution < -0.4 is 9.47 Å². The van der Waals surface area contributed by atoms with Crippen LogP contribution >= 0.6 is 11.3 Å². The van der Waals surface area contributed by atoms with Crippen LogP contribution in [0.1, 0.15) is 5.56 Å². The summed E-state index contributed by atoms with van der Waals surface area (Å²) < 4.78 is 40.7. The normalized spacial score (nSPS) is 13.0. The average Bonchev–Trinajstić information content (AvgIpc) is 2.95. The lowest BCUT2D eigenvalue weighted by Gasteiger charge is -2.13. The van der Waals surface area contributed by atoms with Crippen LogP contribution in [0.5, 0.6) is 10.8 Å². The molecule has 0 saturated carbocycles. The highest BCUT2D eigenvalue weighted by atomic mass is 32.2. The maximum atomic E-state index is 10.7. The van der Waals surface area contributed by atoms with Gasteiger partial charge in [-0.1, -0.05) is 30.9 Å². The molecule has 0 radical (unpaired) electrons. The second-order valence-corrected chi connectivity index (χ2v) is 6.25. The van der Waals surface area contributed by atoms with Gasteiger partial charge in [0.2, 0.25) is 5.06 Å². The Kier molecular flexibility index (Phi) is 5.00. The first-order valence-electron chi connectivity index (χ1n) is 6.04. The minimum atomic E-state index is -4.12. The second-order valence-electron chi connectivity index (χ2n) is 3.99. The van der Waals surface area contributed by atoms with Crippen LogP contribution in [0.25, 0.3) is 6.08 Å². The van der Waals surface area contributed by atoms with Gasteiger partial charge < -0.3 is 9.47 Å². The van der Waals surface area contributed by atoms with E-state index in [1.54, 1.807) is 23.5 Å². The molecular formula is C14H14O5S2. The second kappa shape index (κ2) is 6.75. The van der Waals surface area contributed by atoms with Crippen molar-refractivity contribution >= 4 is 27.5 Å². The molecule has 1 aliphatic heterocycles. The van der Waals surface area contributed by atoms with Crippen molar-refractivity contribution in [2.24, 2.45) is 0 Å². The van der Waals surface area contributed by atoms with Gasteiger partial charge in [-0.2, -0.15) is 8.42 Å². The maximum absolute atomic E-state index is 10.7. The molecule has 112 valence electrons. The van der Waals surface area contributed by atoms with Gasteiger partial charge in [0, 0.05) is 0 Å². The van der Waals surface area contributed by atoms with Gasteiger partial charge in [-0.3, -0.25) is 4.55 Å². The van der Waals surface area contributed by atoms with Crippen molar-refractivity contribution < 1.29 is 22.4 Å². The third-order valence-corrected chi connectivity index (χ3v) is 4.32. The van der Waals surface area contributed by atoms with E-state index in [2.05, 4.69) is 6.58 Å². The molecule has 1 aromatic heterocycles. The summed E-state index contributed by atoms with van der Waals surface area (Å²) in [6, 6.07) is 8.03. The van der Waals surface area contributed by atoms with E-state index in [0.717, 1.165) is 10.8 Å². The van der Waals surface area contributed by atoms with E-state index in [1.165, 1.54) is 18.2 Å². The van der Waals surface area contributed by atoms with Crippen LogP contribution in [0.4, 0.5) is 0 Å². The quantitative estimate of drug-likeness (QED) is 0.859. The standard InChI is InChI=1S/C8H8O3S.C6H6O2S/c1-2-7-5-3-4-6-8(7)12(9,10)11;1-4-9-6-5(1)7-2-3-8-6/h2-6H,1H2,(H,9,10,11);1,4H,2-3H2. The van der Waals surface area contributed by atoms with Gasteiger partial charge >= 0.3 is 0 Å². The number of rotatable bonds is 2. The van der Waals surface area contributed by atoms with Gasteiger partial charge in [0.1, 0.15) is 18.1 Å². The highest BCUT2D eigenvalue weighted by Gasteiger charge is 2.12. The predicted molar refractivity (Wildman–Crippen MR) is 81.7 cm³/mol. The molecule has 1 aromatic carbocycles. The minimum absolute atomic E-state index is 0.111. The van der Waals surface area contributed by atoms with Crippen LogP contribution in [-0.2, 0) is 10.1 Å². The molecule has 3 rings (SSSR count). The van der Waals surface area contributed by atoms with Crippen LogP contribution in [0.3, 0.4) is 0 Å². The lowest BCUT2D eigenvalue weighted by Crippen LogP contribution is -2.13. The Labute approximate surface area is 127 Å². The molecule has 0 amide bonds. The number of hydrogen-bond donors (Lipinski definition) is 1. The zero-order valence-electron chi connectivity index (χ0n) is 11.1. The fraction of sp³-hybridized carbons (Fsp3) is 0.143. The molecule has 0 unspecified atom stereocenters. The van der Waals surface area contributed by atoms with Crippen molar-refractivity contribution in [3.8, 4) is 10.8 Å². The summed E-state index contributed by atoms with van der Waals surface area (Å²) in [6.07, 6.45) is 1.38. The molecule has 21 heavy (non-hydrogen) atoms. The minimum Gasteiger partial charge on any atom is -0.485 e. The lowest BCUT2D eigenvalue weighted by atomic mass is 10.2. The van der Waals surface area contributed by atoms with E-state index in [1.807, 2.05) is 11.4 Å². The summed E-state index contributed by atoms with van der Waals surface area (Å²) >= 11 is 1.58. The zero-order valence-corrected chi connectivity index (χ0v) is 12.7. The number of ether oxygens (including phenoxy) is 2. The smallest absolute Gasteiger partial charge is 0.295 e. The summed E-state index contributed by atoms with van der Waals surface area (Å²) in [7, 11) is -4.12. The molecule has 0 spiro atoms. The van der Waals surface area contributed by atoms with Gasteiger partial charge in [0.25, 0.3) is 10.1 Å². The molecule has 1 aliphatic rings. The fourth-order valence-corrected chi connectivity index (χ4v) is 3.08. The third kappa shape index (κ3) is 4.07. The number of benzene rings is 1. The molecule has 0 bridgehead atoms. The van der Waals surface area contributed by atoms with Crippen LogP contribution in [0.15, 0.2) is 47.2 Å². The van der Waals surface area contributed by atoms with Crippen molar-refractivity contribution in [2.45, 2.75) is 4.90 Å². The Morgan fingerprint density at radius 1 is 1.19 bits per heavy atom. The molecule has 0 aliphatic carbocycles. The molecule has 7 heteroatoms. The molecule has 0 saturated heterocycles. The Morgan fingerprint density at radius 2 is 1.90 bits per heavy atom. The molecule has 1 N–H and O–H groups in total. The fourth-order valence-electron chi connectivity index (χ4n) is 1.67. The van der Waals surface area contributed by atoms with E-state index in [-0.39, 0.29) is 4.90 Å². The first kappa shape index (κ1) is 15.6. The maximum Gasteiger partial charge on any atom is 0.295 e. The molecule has 5 nitrogen and oxygen atoms in total. The summed E-state index contributed by atoms with van der Waals surface area (Å²) in [6.45, 7) is 4.80. The molecule has 2 heterocycles. The number of thiophene rings is 1. The van der Waals surface area contributed by atoms with Crippen molar-refractivity contribution in [1.29, 1.82) is 0 Å². The monoisotopic (exact) mass is 326 g/mol. The molecular weight excluding hydrogens is 312 g/mol. The highest BCUT2D eigenvalue weighted by Crippen LogP contribution is 2.35. The van der Waals surface area contributed by atoms with E-state index < -0.39 is 10.1 Å². The number of fused-ring (bicyclic) bond motifs is 1. The van der Waals surface area contributed by atoms with Crippen LogP contribution in [0.2, 0.25) is 0 Å². The third-order valence-electron chi connectivity index (χ3n) is 2.59. The first-order chi connectivity index (χ1) is 10.0. The Balaban J connectivity index is 0.000000159. The van der Waals surface area contributed by atoms with E-state index in [0.29, 0.717) is 18.8 Å². The van der Waals surface area contributed by atoms with Gasteiger partial charge in [0.05, 0.1) is 0 Å². The summed E-state index contributed by atoms with van der Waals surface area (Å²) in [5.74, 6) is 0.895. The predicted octanol–water partition coefficient (Wildman–Crippen LogP) is 3.10.